The van der Waals surface area contributed by atoms with Crippen LogP contribution in [0.25, 0.3) is 0 Å². The standard InChI is InChI=1S/C16H21BrF2N4O/c17-15-22(13-1-3-14(4-2-13)24-16(18)19)9-10-23(15)21-7-5-12(11-20)6-8-21/h1-4,9-10,12,15-16H,5-8,11,20H2. The van der Waals surface area contributed by atoms with Crippen molar-refractivity contribution in [2.75, 3.05) is 24.5 Å². The molecule has 1 fully saturated rings. The Kier molecular flexibility index (Phi) is 5.57. The van der Waals surface area contributed by atoms with E-state index in [0.717, 1.165) is 38.2 Å². The summed E-state index contributed by atoms with van der Waals surface area (Å²) in [6.07, 6.45) is 6.18. The zero-order valence-electron chi connectivity index (χ0n) is 13.2. The molecule has 1 aromatic rings. The van der Waals surface area contributed by atoms with E-state index in [1.807, 2.05) is 17.3 Å². The van der Waals surface area contributed by atoms with Gasteiger partial charge in [0.15, 0.2) is 5.08 Å². The van der Waals surface area contributed by atoms with Crippen molar-refractivity contribution in [1.29, 1.82) is 0 Å². The summed E-state index contributed by atoms with van der Waals surface area (Å²) in [5.41, 5.74) is 6.65. The molecule has 0 spiro atoms. The van der Waals surface area contributed by atoms with Crippen LogP contribution in [0.1, 0.15) is 12.8 Å². The van der Waals surface area contributed by atoms with Gasteiger partial charge in [0.05, 0.1) is 0 Å². The first-order valence-corrected chi connectivity index (χ1v) is 8.89. The molecule has 0 bridgehead atoms. The van der Waals surface area contributed by atoms with Crippen LogP contribution in [-0.4, -0.2) is 41.3 Å². The Morgan fingerprint density at radius 3 is 2.42 bits per heavy atom. The molecule has 2 aliphatic heterocycles. The third kappa shape index (κ3) is 3.81. The lowest BCUT2D eigenvalue weighted by atomic mass is 9.98. The van der Waals surface area contributed by atoms with Crippen LogP contribution in [0.4, 0.5) is 14.5 Å². The first-order chi connectivity index (χ1) is 11.6. The minimum atomic E-state index is -2.81. The first-order valence-electron chi connectivity index (χ1n) is 7.97. The van der Waals surface area contributed by atoms with Gasteiger partial charge in [-0.1, -0.05) is 0 Å². The second-order valence-electron chi connectivity index (χ2n) is 5.90. The number of hydrogen-bond acceptors (Lipinski definition) is 5. The number of rotatable bonds is 5. The third-order valence-electron chi connectivity index (χ3n) is 4.44. The fourth-order valence-corrected chi connectivity index (χ4v) is 3.80. The number of hydrazine groups is 1. The maximum Gasteiger partial charge on any atom is 0.387 e. The van der Waals surface area contributed by atoms with Gasteiger partial charge in [0.1, 0.15) is 5.75 Å². The lowest BCUT2D eigenvalue weighted by Crippen LogP contribution is -2.49. The molecule has 1 saturated heterocycles. The van der Waals surface area contributed by atoms with Crippen molar-refractivity contribution < 1.29 is 13.5 Å². The second-order valence-corrected chi connectivity index (χ2v) is 6.72. The lowest BCUT2D eigenvalue weighted by molar-refractivity contribution is -0.0498. The summed E-state index contributed by atoms with van der Waals surface area (Å²) in [4.78, 5) is 2.03. The lowest BCUT2D eigenvalue weighted by Gasteiger charge is -2.40. The number of alkyl halides is 3. The summed E-state index contributed by atoms with van der Waals surface area (Å²) < 4.78 is 28.8. The van der Waals surface area contributed by atoms with Crippen molar-refractivity contribution in [3.8, 4) is 5.75 Å². The van der Waals surface area contributed by atoms with E-state index in [9.17, 15) is 8.78 Å². The number of halogens is 3. The predicted molar refractivity (Wildman–Crippen MR) is 92.6 cm³/mol. The molecule has 5 nitrogen and oxygen atoms in total. The van der Waals surface area contributed by atoms with Gasteiger partial charge in [-0.3, -0.25) is 5.01 Å². The average molecular weight is 403 g/mol. The minimum Gasteiger partial charge on any atom is -0.435 e. The highest BCUT2D eigenvalue weighted by molar-refractivity contribution is 9.09. The minimum absolute atomic E-state index is 0.0474. The van der Waals surface area contributed by atoms with Gasteiger partial charge in [-0.15, -0.1) is 0 Å². The molecule has 0 aromatic heterocycles. The normalized spacial score (nSPS) is 22.6. The summed E-state index contributed by atoms with van der Waals surface area (Å²) in [5, 5.41) is 4.40. The summed E-state index contributed by atoms with van der Waals surface area (Å²) in [6.45, 7) is -0.105. The van der Waals surface area contributed by atoms with Gasteiger partial charge in [-0.05, 0) is 65.5 Å². The molecular weight excluding hydrogens is 382 g/mol. The Balaban J connectivity index is 1.62. The highest BCUT2D eigenvalue weighted by Crippen LogP contribution is 2.32. The van der Waals surface area contributed by atoms with E-state index in [-0.39, 0.29) is 10.8 Å². The molecule has 3 rings (SSSR count). The number of ether oxygens (including phenoxy) is 1. The first kappa shape index (κ1) is 17.4. The fraction of sp³-hybridized carbons (Fsp3) is 0.500. The largest absolute Gasteiger partial charge is 0.435 e. The van der Waals surface area contributed by atoms with Crippen LogP contribution in [0, 0.1) is 5.92 Å². The molecule has 24 heavy (non-hydrogen) atoms. The Labute approximate surface area is 148 Å². The number of nitrogens with zero attached hydrogens (tertiary/aromatic N) is 3. The Hall–Kier alpha value is -1.38. The molecule has 1 aromatic carbocycles. The van der Waals surface area contributed by atoms with Gasteiger partial charge >= 0.3 is 6.61 Å². The van der Waals surface area contributed by atoms with E-state index >= 15 is 0 Å². The predicted octanol–water partition coefficient (Wildman–Crippen LogP) is 3.15. The maximum absolute atomic E-state index is 12.2. The zero-order chi connectivity index (χ0) is 17.1. The van der Waals surface area contributed by atoms with Crippen molar-refractivity contribution in [2.45, 2.75) is 24.5 Å². The Bertz CT molecular complexity index is 564. The van der Waals surface area contributed by atoms with Crippen LogP contribution in [0.2, 0.25) is 0 Å². The molecule has 2 aliphatic rings. The van der Waals surface area contributed by atoms with Crippen molar-refractivity contribution in [1.82, 2.24) is 10.0 Å². The summed E-state index contributed by atoms with van der Waals surface area (Å²) in [6, 6.07) is 6.62. The van der Waals surface area contributed by atoms with Crippen molar-refractivity contribution in [3.63, 3.8) is 0 Å². The summed E-state index contributed by atoms with van der Waals surface area (Å²) >= 11 is 3.71. The number of benzene rings is 1. The summed E-state index contributed by atoms with van der Waals surface area (Å²) in [7, 11) is 0. The Morgan fingerprint density at radius 2 is 1.83 bits per heavy atom. The number of nitrogens with two attached hydrogens (primary N) is 1. The van der Waals surface area contributed by atoms with Crippen molar-refractivity contribution >= 4 is 21.6 Å². The van der Waals surface area contributed by atoms with E-state index in [1.165, 1.54) is 0 Å². The Morgan fingerprint density at radius 1 is 1.17 bits per heavy atom. The van der Waals surface area contributed by atoms with Gasteiger partial charge < -0.3 is 15.4 Å². The SMILES string of the molecule is NCC1CCN(N2C=CN(c3ccc(OC(F)F)cc3)C2Br)CC1. The maximum atomic E-state index is 12.2. The van der Waals surface area contributed by atoms with E-state index in [4.69, 9.17) is 5.73 Å². The number of hydrogen-bond donors (Lipinski definition) is 1. The van der Waals surface area contributed by atoms with Gasteiger partial charge in [-0.2, -0.15) is 8.78 Å². The highest BCUT2D eigenvalue weighted by atomic mass is 79.9. The van der Waals surface area contributed by atoms with E-state index in [1.54, 1.807) is 24.3 Å². The molecule has 1 atom stereocenters. The molecule has 1 unspecified atom stereocenters. The third-order valence-corrected chi connectivity index (χ3v) is 5.30. The molecule has 0 aliphatic carbocycles. The van der Waals surface area contributed by atoms with Crippen molar-refractivity contribution in [2.24, 2.45) is 11.7 Å². The van der Waals surface area contributed by atoms with Gasteiger partial charge in [-0.25, -0.2) is 5.01 Å². The number of piperidine rings is 1. The topological polar surface area (TPSA) is 45.0 Å². The number of anilines is 1. The molecule has 0 amide bonds. The average Bonchev–Trinajstić information content (AvgIpc) is 2.97. The fourth-order valence-electron chi connectivity index (χ4n) is 3.03. The smallest absolute Gasteiger partial charge is 0.387 e. The van der Waals surface area contributed by atoms with Crippen molar-refractivity contribution in [3.05, 3.63) is 36.7 Å². The summed E-state index contributed by atoms with van der Waals surface area (Å²) in [5.74, 6) is 0.767. The monoisotopic (exact) mass is 402 g/mol. The highest BCUT2D eigenvalue weighted by Gasteiger charge is 2.31. The molecule has 8 heteroatoms. The van der Waals surface area contributed by atoms with E-state index < -0.39 is 6.61 Å². The molecule has 0 saturated carbocycles. The van der Waals surface area contributed by atoms with Gasteiger partial charge in [0, 0.05) is 31.2 Å². The molecule has 132 valence electrons. The van der Waals surface area contributed by atoms with Crippen LogP contribution in [0.5, 0.6) is 5.75 Å². The molecule has 0 radical (unpaired) electrons. The van der Waals surface area contributed by atoms with Gasteiger partial charge in [0.25, 0.3) is 0 Å². The molecule has 2 heterocycles. The van der Waals surface area contributed by atoms with E-state index in [0.29, 0.717) is 5.92 Å². The van der Waals surface area contributed by atoms with Crippen LogP contribution in [0.15, 0.2) is 36.7 Å². The van der Waals surface area contributed by atoms with Crippen LogP contribution >= 0.6 is 15.9 Å². The van der Waals surface area contributed by atoms with Gasteiger partial charge in [0.2, 0.25) is 0 Å². The zero-order valence-corrected chi connectivity index (χ0v) is 14.8. The quantitative estimate of drug-likeness (QED) is 0.605. The second kappa shape index (κ2) is 7.67. The van der Waals surface area contributed by atoms with E-state index in [2.05, 4.69) is 30.7 Å². The molecule has 2 N–H and O–H groups in total. The molecular formula is C16H21BrF2N4O. The van der Waals surface area contributed by atoms with Crippen LogP contribution < -0.4 is 15.4 Å². The van der Waals surface area contributed by atoms with Crippen LogP contribution in [-0.2, 0) is 0 Å². The van der Waals surface area contributed by atoms with Crippen LogP contribution in [0.3, 0.4) is 0 Å².